The summed E-state index contributed by atoms with van der Waals surface area (Å²) in [6.45, 7) is 3.14. The van der Waals surface area contributed by atoms with Crippen LogP contribution in [-0.4, -0.2) is 23.9 Å². The zero-order valence-electron chi connectivity index (χ0n) is 9.47. The fraction of sp³-hybridized carbons (Fsp3) is 0.400. The Hall–Kier alpha value is -1.06. The van der Waals surface area contributed by atoms with Crippen LogP contribution in [0.25, 0.3) is 0 Å². The smallest absolute Gasteiger partial charge is 0.461 e. The normalized spacial score (nSPS) is 11.2. The number of alkyl halides is 3. The van der Waals surface area contributed by atoms with Crippen molar-refractivity contribution in [1.82, 2.24) is 4.98 Å². The fourth-order valence-corrected chi connectivity index (χ4v) is 1.51. The summed E-state index contributed by atoms with van der Waals surface area (Å²) < 4.78 is 45.4. The first-order chi connectivity index (χ1) is 8.24. The van der Waals surface area contributed by atoms with E-state index in [1.807, 2.05) is 22.6 Å². The number of halogens is 4. The summed E-state index contributed by atoms with van der Waals surface area (Å²) in [5.74, 6) is -1.60. The van der Waals surface area contributed by atoms with E-state index >= 15 is 0 Å². The summed E-state index contributed by atoms with van der Waals surface area (Å²) in [6, 6.07) is 1.11. The van der Waals surface area contributed by atoms with Crippen LogP contribution in [0, 0.1) is 10.6 Å². The Kier molecular flexibility index (Phi) is 4.77. The topological polar surface area (TPSA) is 48.4 Å². The molecule has 0 N–H and O–H groups in total. The average molecular weight is 375 g/mol. The molecule has 18 heavy (non-hydrogen) atoms. The van der Waals surface area contributed by atoms with Crippen molar-refractivity contribution >= 4 is 28.6 Å². The Morgan fingerprint density at radius 3 is 2.61 bits per heavy atom. The van der Waals surface area contributed by atoms with Gasteiger partial charge in [-0.15, -0.1) is 13.2 Å². The lowest BCUT2D eigenvalue weighted by atomic mass is 10.2. The monoisotopic (exact) mass is 375 g/mol. The average Bonchev–Trinajstić information content (AvgIpc) is 2.21. The molecule has 0 aliphatic heterocycles. The number of nitrogens with zero attached hydrogens (tertiary/aromatic N) is 1. The molecule has 0 aliphatic carbocycles. The molecular weight excluding hydrogens is 366 g/mol. The molecule has 0 amide bonds. The van der Waals surface area contributed by atoms with Crippen LogP contribution in [0.5, 0.6) is 5.75 Å². The summed E-state index contributed by atoms with van der Waals surface area (Å²) in [4.78, 5) is 15.2. The SMILES string of the molecule is CCOC(=O)c1nc(I)c(C)cc1OC(F)(F)F. The highest BCUT2D eigenvalue weighted by molar-refractivity contribution is 14.1. The number of ether oxygens (including phenoxy) is 2. The zero-order valence-corrected chi connectivity index (χ0v) is 11.6. The second-order valence-electron chi connectivity index (χ2n) is 3.21. The van der Waals surface area contributed by atoms with Crippen LogP contribution in [-0.2, 0) is 4.74 Å². The van der Waals surface area contributed by atoms with E-state index in [1.54, 1.807) is 13.8 Å². The number of rotatable bonds is 3. The van der Waals surface area contributed by atoms with Gasteiger partial charge in [0.05, 0.1) is 6.61 Å². The molecule has 4 nitrogen and oxygen atoms in total. The van der Waals surface area contributed by atoms with Gasteiger partial charge in [0.1, 0.15) is 3.70 Å². The minimum Gasteiger partial charge on any atom is -0.461 e. The van der Waals surface area contributed by atoms with E-state index in [0.717, 1.165) is 6.07 Å². The van der Waals surface area contributed by atoms with Crippen LogP contribution < -0.4 is 4.74 Å². The molecule has 0 saturated carbocycles. The molecule has 1 aromatic rings. The molecule has 0 spiro atoms. The van der Waals surface area contributed by atoms with Crippen molar-refractivity contribution in [3.63, 3.8) is 0 Å². The molecule has 8 heteroatoms. The van der Waals surface area contributed by atoms with E-state index in [1.165, 1.54) is 0 Å². The molecule has 1 aromatic heterocycles. The summed E-state index contributed by atoms with van der Waals surface area (Å²) in [5, 5.41) is 0. The largest absolute Gasteiger partial charge is 0.573 e. The molecule has 0 radical (unpaired) electrons. The van der Waals surface area contributed by atoms with Crippen molar-refractivity contribution < 1.29 is 27.4 Å². The van der Waals surface area contributed by atoms with Crippen molar-refractivity contribution in [2.45, 2.75) is 20.2 Å². The van der Waals surface area contributed by atoms with E-state index in [0.29, 0.717) is 9.26 Å². The predicted molar refractivity (Wildman–Crippen MR) is 64.3 cm³/mol. The summed E-state index contributed by atoms with van der Waals surface area (Å²) in [5.41, 5.74) is -0.00734. The van der Waals surface area contributed by atoms with Gasteiger partial charge in [0.15, 0.2) is 11.4 Å². The minimum atomic E-state index is -4.89. The van der Waals surface area contributed by atoms with E-state index < -0.39 is 23.8 Å². The quantitative estimate of drug-likeness (QED) is 0.463. The van der Waals surface area contributed by atoms with Crippen LogP contribution in [0.2, 0.25) is 0 Å². The number of esters is 1. The second-order valence-corrected chi connectivity index (χ2v) is 4.23. The molecule has 100 valence electrons. The fourth-order valence-electron chi connectivity index (χ4n) is 1.11. The lowest BCUT2D eigenvalue weighted by Gasteiger charge is -2.13. The van der Waals surface area contributed by atoms with Crippen LogP contribution in [0.15, 0.2) is 6.07 Å². The Balaban J connectivity index is 3.21. The van der Waals surface area contributed by atoms with Gasteiger partial charge in [0, 0.05) is 0 Å². The maximum Gasteiger partial charge on any atom is 0.573 e. The Morgan fingerprint density at radius 1 is 1.50 bits per heavy atom. The number of pyridine rings is 1. The van der Waals surface area contributed by atoms with Gasteiger partial charge in [-0.1, -0.05) is 0 Å². The molecule has 0 aliphatic rings. The van der Waals surface area contributed by atoms with Gasteiger partial charge in [-0.05, 0) is 48.1 Å². The molecule has 0 aromatic carbocycles. The Morgan fingerprint density at radius 2 is 2.11 bits per heavy atom. The highest BCUT2D eigenvalue weighted by atomic mass is 127. The maximum absolute atomic E-state index is 12.2. The van der Waals surface area contributed by atoms with Crippen LogP contribution in [0.1, 0.15) is 23.0 Å². The second kappa shape index (κ2) is 5.72. The van der Waals surface area contributed by atoms with E-state index in [4.69, 9.17) is 0 Å². The van der Waals surface area contributed by atoms with Crippen molar-refractivity contribution in [3.8, 4) is 5.75 Å². The van der Waals surface area contributed by atoms with Crippen molar-refractivity contribution in [2.24, 2.45) is 0 Å². The molecular formula is C10H9F3INO3. The number of aryl methyl sites for hydroxylation is 1. The van der Waals surface area contributed by atoms with Crippen LogP contribution >= 0.6 is 22.6 Å². The number of hydrogen-bond donors (Lipinski definition) is 0. The Labute approximate surface area is 115 Å². The number of aromatic nitrogens is 1. The zero-order chi connectivity index (χ0) is 13.9. The van der Waals surface area contributed by atoms with Gasteiger partial charge < -0.3 is 9.47 Å². The molecule has 0 fully saturated rings. The van der Waals surface area contributed by atoms with Crippen LogP contribution in [0.3, 0.4) is 0 Å². The van der Waals surface area contributed by atoms with Gasteiger partial charge in [-0.2, -0.15) is 0 Å². The first kappa shape index (κ1) is 15.0. The molecule has 0 atom stereocenters. The Bertz CT molecular complexity index is 462. The third-order valence-corrected chi connectivity index (χ3v) is 2.90. The van der Waals surface area contributed by atoms with Crippen molar-refractivity contribution in [2.75, 3.05) is 6.61 Å². The van der Waals surface area contributed by atoms with Crippen molar-refractivity contribution in [1.29, 1.82) is 0 Å². The van der Waals surface area contributed by atoms with E-state index in [-0.39, 0.29) is 6.61 Å². The van der Waals surface area contributed by atoms with Gasteiger partial charge in [0.25, 0.3) is 0 Å². The number of carbonyl (C=O) groups excluding carboxylic acids is 1. The first-order valence-corrected chi connectivity index (χ1v) is 5.92. The predicted octanol–water partition coefficient (Wildman–Crippen LogP) is 3.07. The van der Waals surface area contributed by atoms with E-state index in [2.05, 4.69) is 14.5 Å². The van der Waals surface area contributed by atoms with Gasteiger partial charge >= 0.3 is 12.3 Å². The highest BCUT2D eigenvalue weighted by Gasteiger charge is 2.34. The van der Waals surface area contributed by atoms with Crippen LogP contribution in [0.4, 0.5) is 13.2 Å². The van der Waals surface area contributed by atoms with Gasteiger partial charge in [0.2, 0.25) is 0 Å². The number of carbonyl (C=O) groups is 1. The minimum absolute atomic E-state index is 0.0381. The summed E-state index contributed by atoms with van der Waals surface area (Å²) in [6.07, 6.45) is -4.89. The maximum atomic E-state index is 12.2. The van der Waals surface area contributed by atoms with Crippen molar-refractivity contribution in [3.05, 3.63) is 21.0 Å². The lowest BCUT2D eigenvalue weighted by molar-refractivity contribution is -0.274. The standard InChI is InChI=1S/C10H9F3INO3/c1-3-17-9(16)7-6(18-10(11,12)13)4-5(2)8(14)15-7/h4H,3H2,1-2H3. The third kappa shape index (κ3) is 4.00. The van der Waals surface area contributed by atoms with Gasteiger partial charge in [-0.25, -0.2) is 9.78 Å². The summed E-state index contributed by atoms with van der Waals surface area (Å²) >= 11 is 1.81. The summed E-state index contributed by atoms with van der Waals surface area (Å²) in [7, 11) is 0. The third-order valence-electron chi connectivity index (χ3n) is 1.81. The van der Waals surface area contributed by atoms with Gasteiger partial charge in [-0.3, -0.25) is 0 Å². The highest BCUT2D eigenvalue weighted by Crippen LogP contribution is 2.28. The first-order valence-electron chi connectivity index (χ1n) is 4.84. The lowest BCUT2D eigenvalue weighted by Crippen LogP contribution is -2.21. The van der Waals surface area contributed by atoms with E-state index in [9.17, 15) is 18.0 Å². The molecule has 0 saturated heterocycles. The molecule has 0 unspecified atom stereocenters. The molecule has 1 heterocycles. The number of hydrogen-bond acceptors (Lipinski definition) is 4. The molecule has 1 rings (SSSR count). The molecule has 0 bridgehead atoms.